The van der Waals surface area contributed by atoms with Crippen molar-refractivity contribution in [1.82, 2.24) is 20.2 Å². The van der Waals surface area contributed by atoms with Crippen LogP contribution in [0.25, 0.3) is 10.9 Å². The molecule has 1 saturated heterocycles. The summed E-state index contributed by atoms with van der Waals surface area (Å²) < 4.78 is 0. The van der Waals surface area contributed by atoms with Gasteiger partial charge in [-0.25, -0.2) is 4.98 Å². The summed E-state index contributed by atoms with van der Waals surface area (Å²) in [6.07, 6.45) is 0.835. The minimum Gasteiger partial charge on any atom is -0.314 e. The standard InChI is InChI=1S/C20H22N4O/c25-20-16-8-4-5-9-17(16)22-19(23-20)18(24-12-10-21-11-13-24)14-15-6-2-1-3-7-15/h1-9,18,21H,10-14H2,(H,22,23,25). The van der Waals surface area contributed by atoms with E-state index in [1.54, 1.807) is 0 Å². The van der Waals surface area contributed by atoms with Gasteiger partial charge in [0.1, 0.15) is 5.82 Å². The van der Waals surface area contributed by atoms with E-state index < -0.39 is 0 Å². The van der Waals surface area contributed by atoms with Crippen molar-refractivity contribution in [3.63, 3.8) is 0 Å². The second-order valence-corrected chi connectivity index (χ2v) is 6.46. The smallest absolute Gasteiger partial charge is 0.258 e. The quantitative estimate of drug-likeness (QED) is 0.767. The molecule has 1 aromatic heterocycles. The highest BCUT2D eigenvalue weighted by Crippen LogP contribution is 2.23. The summed E-state index contributed by atoms with van der Waals surface area (Å²) in [4.78, 5) is 22.8. The van der Waals surface area contributed by atoms with Gasteiger partial charge in [0.2, 0.25) is 0 Å². The summed E-state index contributed by atoms with van der Waals surface area (Å²) in [5, 5.41) is 4.04. The molecule has 3 aromatic rings. The van der Waals surface area contributed by atoms with Crippen molar-refractivity contribution < 1.29 is 0 Å². The van der Waals surface area contributed by atoms with Crippen LogP contribution in [0.4, 0.5) is 0 Å². The van der Waals surface area contributed by atoms with Gasteiger partial charge in [-0.2, -0.15) is 0 Å². The lowest BCUT2D eigenvalue weighted by atomic mass is 10.0. The normalized spacial score (nSPS) is 16.8. The van der Waals surface area contributed by atoms with E-state index >= 15 is 0 Å². The maximum Gasteiger partial charge on any atom is 0.258 e. The molecule has 4 rings (SSSR count). The monoisotopic (exact) mass is 334 g/mol. The molecule has 1 aliphatic heterocycles. The summed E-state index contributed by atoms with van der Waals surface area (Å²) in [5.41, 5.74) is 1.95. The Hall–Kier alpha value is -2.50. The molecule has 0 aliphatic carbocycles. The minimum absolute atomic E-state index is 0.0613. The molecule has 1 atom stereocenters. The van der Waals surface area contributed by atoms with Crippen molar-refractivity contribution in [3.8, 4) is 0 Å². The maximum atomic E-state index is 12.5. The second kappa shape index (κ2) is 7.17. The Balaban J connectivity index is 1.75. The van der Waals surface area contributed by atoms with Crippen LogP contribution in [-0.4, -0.2) is 41.0 Å². The molecule has 0 saturated carbocycles. The van der Waals surface area contributed by atoms with Gasteiger partial charge in [0.25, 0.3) is 5.56 Å². The molecule has 0 bridgehead atoms. The van der Waals surface area contributed by atoms with Crippen LogP contribution >= 0.6 is 0 Å². The highest BCUT2D eigenvalue weighted by Gasteiger charge is 2.25. The minimum atomic E-state index is -0.0613. The molecule has 1 aliphatic rings. The number of hydrogen-bond acceptors (Lipinski definition) is 4. The Labute approximate surface area is 146 Å². The fourth-order valence-corrected chi connectivity index (χ4v) is 3.49. The molecule has 2 aromatic carbocycles. The Morgan fingerprint density at radius 3 is 2.52 bits per heavy atom. The average molecular weight is 334 g/mol. The van der Waals surface area contributed by atoms with E-state index in [9.17, 15) is 4.79 Å². The molecule has 5 nitrogen and oxygen atoms in total. The van der Waals surface area contributed by atoms with E-state index in [1.165, 1.54) is 5.56 Å². The van der Waals surface area contributed by atoms with Crippen LogP contribution < -0.4 is 10.9 Å². The molecule has 25 heavy (non-hydrogen) atoms. The van der Waals surface area contributed by atoms with Crippen molar-refractivity contribution in [1.29, 1.82) is 0 Å². The van der Waals surface area contributed by atoms with Crippen molar-refractivity contribution in [2.75, 3.05) is 26.2 Å². The van der Waals surface area contributed by atoms with Gasteiger partial charge in [-0.15, -0.1) is 0 Å². The van der Waals surface area contributed by atoms with Crippen LogP contribution in [0.15, 0.2) is 59.4 Å². The first-order valence-electron chi connectivity index (χ1n) is 8.79. The number of rotatable bonds is 4. The zero-order chi connectivity index (χ0) is 17.1. The summed E-state index contributed by atoms with van der Waals surface area (Å²) in [6.45, 7) is 3.83. The van der Waals surface area contributed by atoms with Crippen LogP contribution in [0.1, 0.15) is 17.4 Å². The Morgan fingerprint density at radius 2 is 1.72 bits per heavy atom. The van der Waals surface area contributed by atoms with Gasteiger partial charge in [0, 0.05) is 26.2 Å². The summed E-state index contributed by atoms with van der Waals surface area (Å²) >= 11 is 0. The van der Waals surface area contributed by atoms with Crippen molar-refractivity contribution in [3.05, 3.63) is 76.3 Å². The van der Waals surface area contributed by atoms with Gasteiger partial charge < -0.3 is 10.3 Å². The van der Waals surface area contributed by atoms with E-state index in [0.29, 0.717) is 5.39 Å². The van der Waals surface area contributed by atoms with Crippen molar-refractivity contribution in [2.24, 2.45) is 0 Å². The van der Waals surface area contributed by atoms with Gasteiger partial charge in [0.05, 0.1) is 16.9 Å². The lowest BCUT2D eigenvalue weighted by Crippen LogP contribution is -2.46. The van der Waals surface area contributed by atoms with Gasteiger partial charge in [0.15, 0.2) is 0 Å². The predicted molar refractivity (Wildman–Crippen MR) is 99.7 cm³/mol. The van der Waals surface area contributed by atoms with Crippen LogP contribution in [0.2, 0.25) is 0 Å². The highest BCUT2D eigenvalue weighted by molar-refractivity contribution is 5.77. The number of aromatic nitrogens is 2. The third-order valence-electron chi connectivity index (χ3n) is 4.81. The number of para-hydroxylation sites is 1. The first kappa shape index (κ1) is 16.0. The van der Waals surface area contributed by atoms with E-state index in [0.717, 1.165) is 43.9 Å². The molecule has 1 fully saturated rings. The number of hydrogen-bond donors (Lipinski definition) is 2. The molecule has 5 heteroatoms. The molecule has 128 valence electrons. The molecule has 1 unspecified atom stereocenters. The Kier molecular flexibility index (Phi) is 4.59. The van der Waals surface area contributed by atoms with Gasteiger partial charge >= 0.3 is 0 Å². The van der Waals surface area contributed by atoms with E-state index in [4.69, 9.17) is 4.98 Å². The maximum absolute atomic E-state index is 12.5. The molecule has 0 spiro atoms. The lowest BCUT2D eigenvalue weighted by Gasteiger charge is -2.34. The van der Waals surface area contributed by atoms with Crippen LogP contribution in [0.3, 0.4) is 0 Å². The van der Waals surface area contributed by atoms with Crippen LogP contribution in [0.5, 0.6) is 0 Å². The van der Waals surface area contributed by atoms with Crippen LogP contribution in [-0.2, 0) is 6.42 Å². The fourth-order valence-electron chi connectivity index (χ4n) is 3.49. The summed E-state index contributed by atoms with van der Waals surface area (Å²) in [5.74, 6) is 0.759. The fraction of sp³-hybridized carbons (Fsp3) is 0.300. The summed E-state index contributed by atoms with van der Waals surface area (Å²) in [6, 6.07) is 18.0. The number of H-pyrrole nitrogens is 1. The van der Waals surface area contributed by atoms with Crippen LogP contribution in [0, 0.1) is 0 Å². The predicted octanol–water partition coefficient (Wildman–Crippen LogP) is 2.11. The molecule has 0 radical (unpaired) electrons. The Morgan fingerprint density at radius 1 is 1.00 bits per heavy atom. The second-order valence-electron chi connectivity index (χ2n) is 6.46. The third kappa shape index (κ3) is 3.48. The molecule has 2 N–H and O–H groups in total. The van der Waals surface area contributed by atoms with E-state index in [-0.39, 0.29) is 11.6 Å². The number of aromatic amines is 1. The molecule has 2 heterocycles. The lowest BCUT2D eigenvalue weighted by molar-refractivity contribution is 0.166. The largest absolute Gasteiger partial charge is 0.314 e. The number of benzene rings is 2. The summed E-state index contributed by atoms with van der Waals surface area (Å²) in [7, 11) is 0. The third-order valence-corrected chi connectivity index (χ3v) is 4.81. The SMILES string of the molecule is O=c1[nH]c(C(Cc2ccccc2)N2CCNCC2)nc2ccccc12. The zero-order valence-electron chi connectivity index (χ0n) is 14.1. The van der Waals surface area contributed by atoms with Crippen molar-refractivity contribution >= 4 is 10.9 Å². The number of nitrogens with zero attached hydrogens (tertiary/aromatic N) is 2. The molecular formula is C20H22N4O. The van der Waals surface area contributed by atoms with Gasteiger partial charge in [-0.1, -0.05) is 42.5 Å². The van der Waals surface area contributed by atoms with Gasteiger partial charge in [-0.3, -0.25) is 9.69 Å². The highest BCUT2D eigenvalue weighted by atomic mass is 16.1. The van der Waals surface area contributed by atoms with Gasteiger partial charge in [-0.05, 0) is 24.1 Å². The number of fused-ring (bicyclic) bond motifs is 1. The number of nitrogens with one attached hydrogen (secondary N) is 2. The first-order chi connectivity index (χ1) is 12.3. The molecular weight excluding hydrogens is 312 g/mol. The van der Waals surface area contributed by atoms with E-state index in [2.05, 4.69) is 39.5 Å². The molecule has 0 amide bonds. The topological polar surface area (TPSA) is 61.0 Å². The number of piperazine rings is 1. The van der Waals surface area contributed by atoms with Crippen molar-refractivity contribution in [2.45, 2.75) is 12.5 Å². The average Bonchev–Trinajstić information content (AvgIpc) is 2.67. The zero-order valence-corrected chi connectivity index (χ0v) is 14.1. The first-order valence-corrected chi connectivity index (χ1v) is 8.79. The Bertz CT molecular complexity index is 900. The van der Waals surface area contributed by atoms with E-state index in [1.807, 2.05) is 30.3 Å².